The first-order chi connectivity index (χ1) is 12.9. The number of hydrogen-bond acceptors (Lipinski definition) is 6. The van der Waals surface area contributed by atoms with Gasteiger partial charge >= 0.3 is 5.97 Å². The van der Waals surface area contributed by atoms with Crippen molar-refractivity contribution in [3.63, 3.8) is 0 Å². The van der Waals surface area contributed by atoms with E-state index < -0.39 is 10.0 Å². The van der Waals surface area contributed by atoms with Gasteiger partial charge in [0.25, 0.3) is 0 Å². The molecule has 1 amide bonds. The highest BCUT2D eigenvalue weighted by atomic mass is 32.2. The van der Waals surface area contributed by atoms with Crippen LogP contribution in [0.2, 0.25) is 0 Å². The molecule has 0 bridgehead atoms. The maximum absolute atomic E-state index is 12.8. The molecular weight excluding hydrogens is 388 g/mol. The van der Waals surface area contributed by atoms with Gasteiger partial charge in [-0.25, -0.2) is 8.42 Å². The summed E-state index contributed by atoms with van der Waals surface area (Å²) in [6.45, 7) is 1.67. The lowest BCUT2D eigenvalue weighted by atomic mass is 10.2. The smallest absolute Gasteiger partial charge is 0.315 e. The zero-order valence-electron chi connectivity index (χ0n) is 15.3. The molecule has 2 aliphatic heterocycles. The van der Waals surface area contributed by atoms with Crippen molar-refractivity contribution in [3.8, 4) is 0 Å². The number of thioether (sulfide) groups is 1. The van der Waals surface area contributed by atoms with Crippen LogP contribution in [0.5, 0.6) is 0 Å². The summed E-state index contributed by atoms with van der Waals surface area (Å²) < 4.78 is 31.8. The van der Waals surface area contributed by atoms with E-state index in [0.29, 0.717) is 31.0 Å². The second kappa shape index (κ2) is 8.62. The number of carbonyl (C=O) groups excluding carboxylic acids is 2. The molecule has 9 heteroatoms. The van der Waals surface area contributed by atoms with Gasteiger partial charge in [-0.05, 0) is 43.0 Å². The van der Waals surface area contributed by atoms with Crippen molar-refractivity contribution in [3.05, 3.63) is 23.8 Å². The molecule has 0 N–H and O–H groups in total. The van der Waals surface area contributed by atoms with Gasteiger partial charge in [-0.15, -0.1) is 11.8 Å². The fourth-order valence-electron chi connectivity index (χ4n) is 3.41. The van der Waals surface area contributed by atoms with E-state index in [0.717, 1.165) is 30.5 Å². The Morgan fingerprint density at radius 3 is 2.56 bits per heavy atom. The van der Waals surface area contributed by atoms with E-state index >= 15 is 0 Å². The third kappa shape index (κ3) is 4.47. The Labute approximate surface area is 164 Å². The molecule has 7 nitrogen and oxygen atoms in total. The van der Waals surface area contributed by atoms with Crippen molar-refractivity contribution in [2.24, 2.45) is 0 Å². The summed E-state index contributed by atoms with van der Waals surface area (Å²) in [7, 11) is -2.16. The van der Waals surface area contributed by atoms with E-state index in [-0.39, 0.29) is 23.4 Å². The molecule has 1 aromatic carbocycles. The van der Waals surface area contributed by atoms with Crippen LogP contribution in [-0.2, 0) is 30.8 Å². The molecule has 2 aliphatic rings. The molecule has 1 saturated heterocycles. The first-order valence-corrected chi connectivity index (χ1v) is 11.6. The standard InChI is InChI=1S/C18H24N2O5S2/c1-25-18(22)13-26-12-17(21)20-10-7-14-11-15(5-6-16(14)20)27(23,24)19-8-3-2-4-9-19/h5-6,11H,2-4,7-10,12-13H2,1H3. The molecule has 148 valence electrons. The normalized spacial score (nSPS) is 17.6. The molecule has 3 rings (SSSR count). The molecule has 1 aromatic rings. The van der Waals surface area contributed by atoms with E-state index in [1.807, 2.05) is 0 Å². The van der Waals surface area contributed by atoms with Crippen LogP contribution in [0.1, 0.15) is 24.8 Å². The number of fused-ring (bicyclic) bond motifs is 1. The zero-order valence-corrected chi connectivity index (χ0v) is 17.0. The number of piperidine rings is 1. The van der Waals surface area contributed by atoms with Gasteiger partial charge in [-0.1, -0.05) is 6.42 Å². The third-order valence-corrected chi connectivity index (χ3v) is 7.66. The summed E-state index contributed by atoms with van der Waals surface area (Å²) in [4.78, 5) is 25.5. The van der Waals surface area contributed by atoms with Gasteiger partial charge in [0.15, 0.2) is 0 Å². The van der Waals surface area contributed by atoms with Crippen molar-refractivity contribution in [2.45, 2.75) is 30.6 Å². The summed E-state index contributed by atoms with van der Waals surface area (Å²) in [6, 6.07) is 5.02. The quantitative estimate of drug-likeness (QED) is 0.661. The zero-order chi connectivity index (χ0) is 19.4. The first-order valence-electron chi connectivity index (χ1n) is 9.01. The molecule has 0 aliphatic carbocycles. The monoisotopic (exact) mass is 412 g/mol. The van der Waals surface area contributed by atoms with Gasteiger partial charge in [0, 0.05) is 25.3 Å². The first kappa shape index (κ1) is 20.2. The van der Waals surface area contributed by atoms with Crippen LogP contribution in [0.25, 0.3) is 0 Å². The molecule has 0 unspecified atom stereocenters. The van der Waals surface area contributed by atoms with Gasteiger partial charge in [0.05, 0.1) is 23.5 Å². The van der Waals surface area contributed by atoms with Crippen LogP contribution >= 0.6 is 11.8 Å². The largest absolute Gasteiger partial charge is 0.468 e. The maximum atomic E-state index is 12.8. The lowest BCUT2D eigenvalue weighted by molar-refractivity contribution is -0.137. The SMILES string of the molecule is COC(=O)CSCC(=O)N1CCc2cc(S(=O)(=O)N3CCCCC3)ccc21. The minimum Gasteiger partial charge on any atom is -0.468 e. The molecule has 0 saturated carbocycles. The van der Waals surface area contributed by atoms with Crippen LogP contribution in [0.4, 0.5) is 5.69 Å². The minimum atomic E-state index is -3.47. The summed E-state index contributed by atoms with van der Waals surface area (Å²) in [5.74, 6) is -0.130. The van der Waals surface area contributed by atoms with Gasteiger partial charge in [-0.3, -0.25) is 9.59 Å². The summed E-state index contributed by atoms with van der Waals surface area (Å²) >= 11 is 1.21. The highest BCUT2D eigenvalue weighted by Crippen LogP contribution is 2.32. The second-order valence-electron chi connectivity index (χ2n) is 6.62. The lowest BCUT2D eigenvalue weighted by Crippen LogP contribution is -2.35. The van der Waals surface area contributed by atoms with Gasteiger partial charge < -0.3 is 9.64 Å². The van der Waals surface area contributed by atoms with E-state index in [4.69, 9.17) is 0 Å². The predicted octanol–water partition coefficient (Wildman–Crippen LogP) is 1.66. The third-order valence-electron chi connectivity index (χ3n) is 4.87. The Morgan fingerprint density at radius 2 is 1.85 bits per heavy atom. The van der Waals surface area contributed by atoms with Crippen LogP contribution in [0.3, 0.4) is 0 Å². The Balaban J connectivity index is 1.70. The van der Waals surface area contributed by atoms with E-state index in [2.05, 4.69) is 4.74 Å². The number of anilines is 1. The predicted molar refractivity (Wildman–Crippen MR) is 104 cm³/mol. The van der Waals surface area contributed by atoms with E-state index in [1.165, 1.54) is 18.9 Å². The van der Waals surface area contributed by atoms with E-state index in [9.17, 15) is 18.0 Å². The van der Waals surface area contributed by atoms with Crippen molar-refractivity contribution in [1.82, 2.24) is 4.31 Å². The molecule has 0 spiro atoms. The number of methoxy groups -OCH3 is 1. The van der Waals surface area contributed by atoms with Crippen LogP contribution in [0.15, 0.2) is 23.1 Å². The van der Waals surface area contributed by atoms with Crippen LogP contribution < -0.4 is 4.90 Å². The number of sulfonamides is 1. The molecule has 0 atom stereocenters. The highest BCUT2D eigenvalue weighted by Gasteiger charge is 2.30. The number of rotatable bonds is 6. The molecule has 1 fully saturated rings. The average Bonchev–Trinajstić information content (AvgIpc) is 3.11. The van der Waals surface area contributed by atoms with Gasteiger partial charge in [-0.2, -0.15) is 4.31 Å². The number of amides is 1. The number of benzene rings is 1. The lowest BCUT2D eigenvalue weighted by Gasteiger charge is -2.26. The second-order valence-corrected chi connectivity index (χ2v) is 9.54. The Bertz CT molecular complexity index is 819. The molecule has 0 radical (unpaired) electrons. The number of hydrogen-bond donors (Lipinski definition) is 0. The Kier molecular flexibility index (Phi) is 6.44. The van der Waals surface area contributed by atoms with E-state index in [1.54, 1.807) is 27.4 Å². The fraction of sp³-hybridized carbons (Fsp3) is 0.556. The van der Waals surface area contributed by atoms with Crippen molar-refractivity contribution < 1.29 is 22.7 Å². The maximum Gasteiger partial charge on any atom is 0.315 e. The summed E-state index contributed by atoms with van der Waals surface area (Å²) in [5, 5.41) is 0. The van der Waals surface area contributed by atoms with Gasteiger partial charge in [0.1, 0.15) is 0 Å². The summed E-state index contributed by atoms with van der Waals surface area (Å²) in [5.41, 5.74) is 1.63. The Hall–Kier alpha value is -1.58. The van der Waals surface area contributed by atoms with Crippen LogP contribution in [-0.4, -0.2) is 62.8 Å². The van der Waals surface area contributed by atoms with Crippen molar-refractivity contribution in [1.29, 1.82) is 0 Å². The van der Waals surface area contributed by atoms with Gasteiger partial charge in [0.2, 0.25) is 15.9 Å². The topological polar surface area (TPSA) is 84.0 Å². The Morgan fingerprint density at radius 1 is 1.11 bits per heavy atom. The minimum absolute atomic E-state index is 0.0886. The number of esters is 1. The molecule has 0 aromatic heterocycles. The average molecular weight is 413 g/mol. The number of ether oxygens (including phenoxy) is 1. The highest BCUT2D eigenvalue weighted by molar-refractivity contribution is 8.00. The number of carbonyl (C=O) groups is 2. The molecule has 2 heterocycles. The van der Waals surface area contributed by atoms with Crippen molar-refractivity contribution in [2.75, 3.05) is 43.1 Å². The van der Waals surface area contributed by atoms with Crippen molar-refractivity contribution >= 4 is 39.3 Å². The number of nitrogens with zero attached hydrogens (tertiary/aromatic N) is 2. The molecule has 27 heavy (non-hydrogen) atoms. The van der Waals surface area contributed by atoms with Crippen LogP contribution in [0, 0.1) is 0 Å². The summed E-state index contributed by atoms with van der Waals surface area (Å²) in [6.07, 6.45) is 3.50. The fourth-order valence-corrected chi connectivity index (χ4v) is 5.70. The molecular formula is C18H24N2O5S2.